The molecule has 2 heterocycles. The van der Waals surface area contributed by atoms with E-state index in [4.69, 9.17) is 17.2 Å². The van der Waals surface area contributed by atoms with E-state index in [0.29, 0.717) is 32.2 Å². The first-order chi connectivity index (χ1) is 15.0. The molecule has 4 unspecified atom stereocenters. The summed E-state index contributed by atoms with van der Waals surface area (Å²) < 4.78 is 0. The Hall–Kier alpha value is -3.22. The van der Waals surface area contributed by atoms with E-state index >= 15 is 0 Å². The third-order valence-electron chi connectivity index (χ3n) is 5.70. The molecule has 13 heteroatoms. The lowest BCUT2D eigenvalue weighted by molar-refractivity contribution is -0.148. The zero-order valence-electron chi connectivity index (χ0n) is 17.7. The molecule has 0 spiro atoms. The van der Waals surface area contributed by atoms with Crippen LogP contribution in [0, 0.1) is 0 Å². The van der Waals surface area contributed by atoms with E-state index in [2.05, 4.69) is 5.32 Å². The van der Waals surface area contributed by atoms with Gasteiger partial charge in [0.25, 0.3) is 0 Å². The maximum atomic E-state index is 13.2. The van der Waals surface area contributed by atoms with Gasteiger partial charge in [0.15, 0.2) is 0 Å². The summed E-state index contributed by atoms with van der Waals surface area (Å²) in [5.41, 5.74) is 16.0. The number of carbonyl (C=O) groups excluding carboxylic acids is 5. The SMILES string of the molecule is NC(=O)CCC(N)C(=O)N1CCCC1C(=O)N1CCCC1C(=O)NC(CC(N)=O)C(=O)O. The van der Waals surface area contributed by atoms with Crippen LogP contribution in [0.25, 0.3) is 0 Å². The Morgan fingerprint density at radius 2 is 1.53 bits per heavy atom. The number of carboxylic acid groups (broad SMARTS) is 1. The Kier molecular flexibility index (Phi) is 8.52. The number of carboxylic acids is 1. The summed E-state index contributed by atoms with van der Waals surface area (Å²) in [5, 5.41) is 11.5. The number of likely N-dealkylation sites (tertiary alicyclic amines) is 2. The van der Waals surface area contributed by atoms with Crippen LogP contribution in [-0.2, 0) is 28.8 Å². The monoisotopic (exact) mass is 454 g/mol. The standard InChI is InChI=1S/C19H30N6O7/c20-10(5-6-14(21)26)17(29)25-8-2-4-13(25)18(30)24-7-1-3-12(24)16(28)23-11(19(31)32)9-15(22)27/h10-13H,1-9,20H2,(H2,21,26)(H2,22,27)(H,23,28)(H,31,32). The summed E-state index contributed by atoms with van der Waals surface area (Å²) in [6.07, 6.45) is 1.26. The number of nitrogens with zero attached hydrogens (tertiary/aromatic N) is 2. The minimum Gasteiger partial charge on any atom is -0.480 e. The molecule has 2 rings (SSSR count). The molecule has 2 fully saturated rings. The summed E-state index contributed by atoms with van der Waals surface area (Å²) in [6.45, 7) is 0.598. The molecule has 0 bridgehead atoms. The van der Waals surface area contributed by atoms with Crippen LogP contribution in [0.1, 0.15) is 44.9 Å². The summed E-state index contributed by atoms with van der Waals surface area (Å²) in [6, 6.07) is -4.18. The highest BCUT2D eigenvalue weighted by atomic mass is 16.4. The molecule has 8 N–H and O–H groups in total. The van der Waals surface area contributed by atoms with E-state index in [1.54, 1.807) is 0 Å². The smallest absolute Gasteiger partial charge is 0.326 e. The maximum absolute atomic E-state index is 13.2. The molecule has 2 aliphatic rings. The van der Waals surface area contributed by atoms with Gasteiger partial charge in [-0.25, -0.2) is 4.79 Å². The number of nitrogens with one attached hydrogen (secondary N) is 1. The van der Waals surface area contributed by atoms with Crippen molar-refractivity contribution in [2.45, 2.75) is 69.1 Å². The van der Waals surface area contributed by atoms with Crippen LogP contribution in [-0.4, -0.2) is 87.7 Å². The topological polar surface area (TPSA) is 219 Å². The Balaban J connectivity index is 2.07. The summed E-state index contributed by atoms with van der Waals surface area (Å²) in [7, 11) is 0. The molecule has 4 atom stereocenters. The number of hydrogen-bond donors (Lipinski definition) is 5. The van der Waals surface area contributed by atoms with Crippen LogP contribution < -0.4 is 22.5 Å². The van der Waals surface area contributed by atoms with Gasteiger partial charge in [-0.3, -0.25) is 24.0 Å². The fourth-order valence-electron chi connectivity index (χ4n) is 4.09. The second kappa shape index (κ2) is 10.9. The highest BCUT2D eigenvalue weighted by Gasteiger charge is 2.43. The molecule has 2 aliphatic heterocycles. The molecule has 0 aromatic rings. The van der Waals surface area contributed by atoms with Crippen molar-refractivity contribution in [3.63, 3.8) is 0 Å². The number of carbonyl (C=O) groups is 6. The quantitative estimate of drug-likeness (QED) is 0.228. The predicted octanol–water partition coefficient (Wildman–Crippen LogP) is -2.99. The molecule has 0 aliphatic carbocycles. The molecular weight excluding hydrogens is 424 g/mol. The molecule has 0 radical (unpaired) electrons. The Bertz CT molecular complexity index is 788. The van der Waals surface area contributed by atoms with Gasteiger partial charge in [-0.1, -0.05) is 0 Å². The number of hydrogen-bond acceptors (Lipinski definition) is 7. The molecule has 32 heavy (non-hydrogen) atoms. The van der Waals surface area contributed by atoms with Crippen LogP contribution in [0.4, 0.5) is 0 Å². The van der Waals surface area contributed by atoms with Crippen molar-refractivity contribution in [3.8, 4) is 0 Å². The summed E-state index contributed by atoms with van der Waals surface area (Å²) >= 11 is 0. The molecule has 178 valence electrons. The van der Waals surface area contributed by atoms with E-state index in [0.717, 1.165) is 0 Å². The number of nitrogens with two attached hydrogens (primary N) is 3. The fourth-order valence-corrected chi connectivity index (χ4v) is 4.09. The van der Waals surface area contributed by atoms with E-state index in [1.807, 2.05) is 0 Å². The third kappa shape index (κ3) is 6.15. The van der Waals surface area contributed by atoms with Gasteiger partial charge in [0.1, 0.15) is 18.1 Å². The first-order valence-electron chi connectivity index (χ1n) is 10.5. The van der Waals surface area contributed by atoms with Gasteiger partial charge < -0.3 is 37.4 Å². The molecule has 0 aromatic carbocycles. The van der Waals surface area contributed by atoms with E-state index in [9.17, 15) is 33.9 Å². The Morgan fingerprint density at radius 1 is 0.938 bits per heavy atom. The Labute approximate surface area is 184 Å². The molecule has 2 saturated heterocycles. The van der Waals surface area contributed by atoms with Crippen molar-refractivity contribution in [3.05, 3.63) is 0 Å². The van der Waals surface area contributed by atoms with E-state index in [1.165, 1.54) is 9.80 Å². The molecule has 13 nitrogen and oxygen atoms in total. The van der Waals surface area contributed by atoms with Gasteiger partial charge in [0.2, 0.25) is 29.5 Å². The molecule has 0 aromatic heterocycles. The average Bonchev–Trinajstić information content (AvgIpc) is 3.39. The van der Waals surface area contributed by atoms with Gasteiger partial charge in [0, 0.05) is 19.5 Å². The van der Waals surface area contributed by atoms with Crippen LogP contribution in [0.2, 0.25) is 0 Å². The van der Waals surface area contributed by atoms with Crippen LogP contribution in [0.3, 0.4) is 0 Å². The third-order valence-corrected chi connectivity index (χ3v) is 5.70. The molecule has 5 amide bonds. The average molecular weight is 454 g/mol. The maximum Gasteiger partial charge on any atom is 0.326 e. The Morgan fingerprint density at radius 3 is 2.09 bits per heavy atom. The fraction of sp³-hybridized carbons (Fsp3) is 0.684. The lowest BCUT2D eigenvalue weighted by Crippen LogP contribution is -2.56. The van der Waals surface area contributed by atoms with Crippen molar-refractivity contribution in [1.82, 2.24) is 15.1 Å². The predicted molar refractivity (Wildman–Crippen MR) is 109 cm³/mol. The van der Waals surface area contributed by atoms with Crippen molar-refractivity contribution in [2.24, 2.45) is 17.2 Å². The minimum atomic E-state index is -1.50. The zero-order valence-corrected chi connectivity index (χ0v) is 17.7. The van der Waals surface area contributed by atoms with Gasteiger partial charge in [-0.15, -0.1) is 0 Å². The molecular formula is C19H30N6O7. The largest absolute Gasteiger partial charge is 0.480 e. The normalized spacial score (nSPS) is 22.3. The van der Waals surface area contributed by atoms with Gasteiger partial charge in [-0.05, 0) is 32.1 Å². The van der Waals surface area contributed by atoms with Crippen LogP contribution in [0.5, 0.6) is 0 Å². The second-order valence-electron chi connectivity index (χ2n) is 8.06. The number of primary amides is 2. The highest BCUT2D eigenvalue weighted by molar-refractivity contribution is 5.95. The summed E-state index contributed by atoms with van der Waals surface area (Å²) in [4.78, 5) is 74.6. The van der Waals surface area contributed by atoms with Crippen molar-refractivity contribution in [2.75, 3.05) is 13.1 Å². The molecule has 0 saturated carbocycles. The highest BCUT2D eigenvalue weighted by Crippen LogP contribution is 2.26. The van der Waals surface area contributed by atoms with Crippen LogP contribution >= 0.6 is 0 Å². The lowest BCUT2D eigenvalue weighted by Gasteiger charge is -2.32. The van der Waals surface area contributed by atoms with Gasteiger partial charge in [0.05, 0.1) is 12.5 Å². The number of amides is 5. The van der Waals surface area contributed by atoms with Crippen molar-refractivity contribution < 1.29 is 33.9 Å². The first kappa shape index (κ1) is 25.0. The van der Waals surface area contributed by atoms with E-state index in [-0.39, 0.29) is 19.4 Å². The minimum absolute atomic E-state index is 0.0518. The van der Waals surface area contributed by atoms with E-state index < -0.39 is 66.1 Å². The van der Waals surface area contributed by atoms with Crippen molar-refractivity contribution in [1.29, 1.82) is 0 Å². The first-order valence-corrected chi connectivity index (χ1v) is 10.5. The van der Waals surface area contributed by atoms with Crippen LogP contribution in [0.15, 0.2) is 0 Å². The second-order valence-corrected chi connectivity index (χ2v) is 8.06. The lowest BCUT2D eigenvalue weighted by atomic mass is 10.1. The summed E-state index contributed by atoms with van der Waals surface area (Å²) in [5.74, 6) is -4.45. The van der Waals surface area contributed by atoms with Crippen molar-refractivity contribution >= 4 is 35.5 Å². The van der Waals surface area contributed by atoms with Gasteiger partial charge in [-0.2, -0.15) is 0 Å². The number of aliphatic carboxylic acids is 1. The number of rotatable bonds is 10. The van der Waals surface area contributed by atoms with Gasteiger partial charge >= 0.3 is 5.97 Å². The zero-order chi connectivity index (χ0) is 24.0.